The van der Waals surface area contributed by atoms with Crippen LogP contribution in [-0.4, -0.2) is 41.0 Å². The quantitative estimate of drug-likeness (QED) is 0.401. The lowest BCUT2D eigenvalue weighted by atomic mass is 10.2. The minimum absolute atomic E-state index is 0.740. The predicted octanol–water partition coefficient (Wildman–Crippen LogP) is -1.94. The van der Waals surface area contributed by atoms with Gasteiger partial charge in [-0.15, -0.1) is 0 Å². The van der Waals surface area contributed by atoms with Crippen LogP contribution in [0.4, 0.5) is 4.79 Å². The number of nitrogens with zero attached hydrogens (tertiary/aromatic N) is 1. The summed E-state index contributed by atoms with van der Waals surface area (Å²) in [5.41, 5.74) is 0. The maximum atomic E-state index is 10.6. The number of carbonyl (C=O) groups excluding carboxylic acids is 3. The number of hydrogen-bond acceptors (Lipinski definition) is 4. The maximum Gasteiger partial charge on any atom is 0.326 e. The van der Waals surface area contributed by atoms with Gasteiger partial charge in [0.1, 0.15) is 0 Å². The van der Waals surface area contributed by atoms with Crippen molar-refractivity contribution in [3.05, 3.63) is 0 Å². The highest BCUT2D eigenvalue weighted by Gasteiger charge is 2.36. The van der Waals surface area contributed by atoms with Crippen LogP contribution in [0.5, 0.6) is 0 Å². The van der Waals surface area contributed by atoms with Crippen molar-refractivity contribution in [3.8, 4) is 0 Å². The van der Waals surface area contributed by atoms with Gasteiger partial charge in [0.05, 0.1) is 0 Å². The normalized spacial score (nSPS) is 25.5. The first-order valence-corrected chi connectivity index (χ1v) is 2.84. The molecule has 0 aromatic heterocycles. The van der Waals surface area contributed by atoms with Crippen LogP contribution >= 0.6 is 0 Å². The van der Waals surface area contributed by atoms with Gasteiger partial charge in [-0.3, -0.25) is 19.8 Å². The summed E-state index contributed by atoms with van der Waals surface area (Å²) in [4.78, 5) is 32.5. The molecule has 1 unspecified atom stereocenters. The van der Waals surface area contributed by atoms with Gasteiger partial charge in [0.2, 0.25) is 6.23 Å². The van der Waals surface area contributed by atoms with E-state index in [1.807, 2.05) is 0 Å². The number of carbonyl (C=O) groups is 3. The number of amides is 3. The number of Topliss-reactive ketones (excluding diaryl/α,β-unsaturated/α-hetero) is 1. The van der Waals surface area contributed by atoms with Crippen molar-refractivity contribution in [1.29, 1.82) is 0 Å². The third-order valence-corrected chi connectivity index (χ3v) is 1.37. The molecule has 0 aromatic carbocycles. The van der Waals surface area contributed by atoms with E-state index in [1.165, 1.54) is 7.05 Å². The molecular weight excluding hydrogens is 152 g/mol. The highest BCUT2D eigenvalue weighted by molar-refractivity contribution is 6.41. The average Bonchev–Trinajstić information content (AvgIpc) is 1.97. The molecule has 0 spiro atoms. The molecule has 1 fully saturated rings. The van der Waals surface area contributed by atoms with Crippen LogP contribution in [-0.2, 0) is 9.59 Å². The Bertz CT molecular complexity index is 237. The molecule has 0 aromatic rings. The number of imide groups is 1. The van der Waals surface area contributed by atoms with Crippen LogP contribution in [0, 0.1) is 0 Å². The SMILES string of the molecule is CN1C(=O)NC(=O)C(=O)C1O. The van der Waals surface area contributed by atoms with Crippen LogP contribution in [0.1, 0.15) is 0 Å². The molecule has 6 heteroatoms. The summed E-state index contributed by atoms with van der Waals surface area (Å²) in [6.07, 6.45) is -1.64. The molecule has 11 heavy (non-hydrogen) atoms. The second-order valence-electron chi connectivity index (χ2n) is 2.11. The van der Waals surface area contributed by atoms with Gasteiger partial charge in [-0.25, -0.2) is 4.79 Å². The molecule has 1 saturated heterocycles. The molecule has 1 aliphatic rings. The molecule has 3 amide bonds. The molecule has 0 radical (unpaired) electrons. The number of aliphatic hydroxyl groups is 1. The fourth-order valence-electron chi connectivity index (χ4n) is 0.651. The van der Waals surface area contributed by atoms with Crippen molar-refractivity contribution in [2.75, 3.05) is 7.05 Å². The largest absolute Gasteiger partial charge is 0.366 e. The van der Waals surface area contributed by atoms with Gasteiger partial charge >= 0.3 is 6.03 Å². The Balaban J connectivity index is 2.87. The lowest BCUT2D eigenvalue weighted by Gasteiger charge is -2.25. The third kappa shape index (κ3) is 1.07. The summed E-state index contributed by atoms with van der Waals surface area (Å²) in [7, 11) is 1.21. The van der Waals surface area contributed by atoms with Crippen LogP contribution in [0.25, 0.3) is 0 Å². The van der Waals surface area contributed by atoms with Crippen molar-refractivity contribution >= 4 is 17.7 Å². The van der Waals surface area contributed by atoms with Crippen LogP contribution in [0.15, 0.2) is 0 Å². The van der Waals surface area contributed by atoms with E-state index in [0.29, 0.717) is 0 Å². The number of urea groups is 1. The summed E-state index contributed by atoms with van der Waals surface area (Å²) in [5.74, 6) is -2.09. The molecule has 1 aliphatic heterocycles. The van der Waals surface area contributed by atoms with E-state index < -0.39 is 23.9 Å². The highest BCUT2D eigenvalue weighted by Crippen LogP contribution is 2.00. The van der Waals surface area contributed by atoms with E-state index in [1.54, 1.807) is 5.32 Å². The number of ketones is 1. The van der Waals surface area contributed by atoms with E-state index in [4.69, 9.17) is 5.11 Å². The molecule has 1 atom stereocenters. The monoisotopic (exact) mass is 158 g/mol. The Morgan fingerprint density at radius 3 is 2.55 bits per heavy atom. The molecular formula is C5H6N2O4. The number of likely N-dealkylation sites (N-methyl/N-ethyl adjacent to an activating group) is 1. The van der Waals surface area contributed by atoms with Crippen molar-refractivity contribution in [1.82, 2.24) is 10.2 Å². The molecule has 2 N–H and O–H groups in total. The zero-order valence-electron chi connectivity index (χ0n) is 5.70. The van der Waals surface area contributed by atoms with Crippen molar-refractivity contribution < 1.29 is 19.5 Å². The summed E-state index contributed by atoms with van der Waals surface area (Å²) in [6, 6.07) is -0.776. The fraction of sp³-hybridized carbons (Fsp3) is 0.400. The Hall–Kier alpha value is -1.43. The van der Waals surface area contributed by atoms with E-state index in [2.05, 4.69) is 0 Å². The second kappa shape index (κ2) is 2.31. The standard InChI is InChI=1S/C5H6N2O4/c1-7-4(10)2(8)3(9)6-5(7)11/h4,10H,1H3,(H,6,9,11). The van der Waals surface area contributed by atoms with Gasteiger partial charge in [0, 0.05) is 7.05 Å². The van der Waals surface area contributed by atoms with Crippen molar-refractivity contribution in [2.45, 2.75) is 6.23 Å². The molecule has 0 bridgehead atoms. The van der Waals surface area contributed by atoms with Gasteiger partial charge in [0.25, 0.3) is 11.7 Å². The minimum Gasteiger partial charge on any atom is -0.366 e. The van der Waals surface area contributed by atoms with Gasteiger partial charge < -0.3 is 5.11 Å². The van der Waals surface area contributed by atoms with E-state index >= 15 is 0 Å². The number of aliphatic hydroxyl groups excluding tert-OH is 1. The Labute approximate surface area is 61.8 Å². The zero-order valence-corrected chi connectivity index (χ0v) is 5.70. The maximum absolute atomic E-state index is 10.6. The number of nitrogens with one attached hydrogen (secondary N) is 1. The first kappa shape index (κ1) is 7.67. The molecule has 1 heterocycles. The minimum atomic E-state index is -1.64. The molecule has 0 aliphatic carbocycles. The van der Waals surface area contributed by atoms with Gasteiger partial charge in [-0.05, 0) is 0 Å². The van der Waals surface area contributed by atoms with Gasteiger partial charge in [-0.1, -0.05) is 0 Å². The topological polar surface area (TPSA) is 86.7 Å². The Kier molecular flexibility index (Phi) is 1.61. The Morgan fingerprint density at radius 2 is 2.00 bits per heavy atom. The van der Waals surface area contributed by atoms with Crippen LogP contribution in [0.3, 0.4) is 0 Å². The Morgan fingerprint density at radius 1 is 1.45 bits per heavy atom. The fourth-order valence-corrected chi connectivity index (χ4v) is 0.651. The average molecular weight is 158 g/mol. The van der Waals surface area contributed by atoms with E-state index in [9.17, 15) is 14.4 Å². The smallest absolute Gasteiger partial charge is 0.326 e. The molecule has 0 saturated carbocycles. The number of hydrogen-bond donors (Lipinski definition) is 2. The van der Waals surface area contributed by atoms with Crippen LogP contribution < -0.4 is 5.32 Å². The van der Waals surface area contributed by atoms with Crippen LogP contribution in [0.2, 0.25) is 0 Å². The summed E-state index contributed by atoms with van der Waals surface area (Å²) in [5, 5.41) is 10.6. The zero-order chi connectivity index (χ0) is 8.59. The molecule has 1 rings (SSSR count). The van der Waals surface area contributed by atoms with Gasteiger partial charge in [0.15, 0.2) is 0 Å². The number of rotatable bonds is 0. The predicted molar refractivity (Wildman–Crippen MR) is 32.3 cm³/mol. The highest BCUT2D eigenvalue weighted by atomic mass is 16.3. The summed E-state index contributed by atoms with van der Waals surface area (Å²) >= 11 is 0. The molecule has 60 valence electrons. The first-order chi connectivity index (χ1) is 5.04. The van der Waals surface area contributed by atoms with E-state index in [0.717, 1.165) is 4.90 Å². The van der Waals surface area contributed by atoms with Gasteiger partial charge in [-0.2, -0.15) is 0 Å². The van der Waals surface area contributed by atoms with Crippen molar-refractivity contribution in [2.24, 2.45) is 0 Å². The van der Waals surface area contributed by atoms with Crippen molar-refractivity contribution in [3.63, 3.8) is 0 Å². The first-order valence-electron chi connectivity index (χ1n) is 2.84. The second-order valence-corrected chi connectivity index (χ2v) is 2.11. The lowest BCUT2D eigenvalue weighted by molar-refractivity contribution is -0.149. The third-order valence-electron chi connectivity index (χ3n) is 1.37. The summed E-state index contributed by atoms with van der Waals surface area (Å²) < 4.78 is 0. The van der Waals surface area contributed by atoms with E-state index in [-0.39, 0.29) is 0 Å². The summed E-state index contributed by atoms with van der Waals surface area (Å²) in [6.45, 7) is 0. The molecule has 6 nitrogen and oxygen atoms in total. The lowest BCUT2D eigenvalue weighted by Crippen LogP contribution is -2.59.